The molecule has 1 heterocycles. The zero-order valence-corrected chi connectivity index (χ0v) is 13.1. The number of benzene rings is 1. The Morgan fingerprint density at radius 3 is 2.77 bits per heavy atom. The molecule has 0 aliphatic carbocycles. The fraction of sp³-hybridized carbons (Fsp3) is 0.267. The molecule has 0 atom stereocenters. The van der Waals surface area contributed by atoms with Crippen LogP contribution in [0, 0.1) is 6.92 Å². The number of hydrogen-bond acceptors (Lipinski definition) is 4. The molecule has 0 aliphatic heterocycles. The van der Waals surface area contributed by atoms with Gasteiger partial charge in [-0.25, -0.2) is 4.79 Å². The summed E-state index contributed by atoms with van der Waals surface area (Å²) in [5, 5.41) is 7.17. The molecule has 0 bridgehead atoms. The van der Waals surface area contributed by atoms with Gasteiger partial charge in [0.05, 0.1) is 18.9 Å². The summed E-state index contributed by atoms with van der Waals surface area (Å²) in [6, 6.07) is 4.58. The average molecular weight is 322 g/mol. The van der Waals surface area contributed by atoms with E-state index < -0.39 is 5.97 Å². The molecule has 2 aromatic rings. The predicted octanol–water partition coefficient (Wildman–Crippen LogP) is 2.66. The molecule has 0 unspecified atom stereocenters. The van der Waals surface area contributed by atoms with Crippen LogP contribution in [0.3, 0.4) is 0 Å². The van der Waals surface area contributed by atoms with Crippen molar-refractivity contribution in [1.29, 1.82) is 0 Å². The molecule has 2 rings (SSSR count). The highest BCUT2D eigenvalue weighted by molar-refractivity contribution is 6.31. The van der Waals surface area contributed by atoms with Crippen LogP contribution in [-0.4, -0.2) is 28.8 Å². The molecule has 116 valence electrons. The molecule has 7 heteroatoms. The van der Waals surface area contributed by atoms with Crippen molar-refractivity contribution in [2.24, 2.45) is 0 Å². The second kappa shape index (κ2) is 7.09. The number of hydrogen-bond donors (Lipinski definition) is 1. The maximum absolute atomic E-state index is 11.9. The molecule has 0 saturated heterocycles. The van der Waals surface area contributed by atoms with Crippen molar-refractivity contribution in [3.05, 3.63) is 46.7 Å². The normalized spacial score (nSPS) is 10.3. The van der Waals surface area contributed by atoms with E-state index in [4.69, 9.17) is 11.6 Å². The topological polar surface area (TPSA) is 73.2 Å². The first-order valence-corrected chi connectivity index (χ1v) is 7.03. The number of carbonyl (C=O) groups excluding carboxylic acids is 2. The second-order valence-electron chi connectivity index (χ2n) is 4.80. The van der Waals surface area contributed by atoms with Gasteiger partial charge in [0.1, 0.15) is 0 Å². The molecule has 0 radical (unpaired) electrons. The Hall–Kier alpha value is -2.34. The highest BCUT2D eigenvalue weighted by atomic mass is 35.5. The van der Waals surface area contributed by atoms with Crippen LogP contribution >= 0.6 is 11.6 Å². The molecule has 0 spiro atoms. The number of aryl methyl sites for hydroxylation is 2. The van der Waals surface area contributed by atoms with Gasteiger partial charge in [0, 0.05) is 29.9 Å². The molecule has 22 heavy (non-hydrogen) atoms. The summed E-state index contributed by atoms with van der Waals surface area (Å²) >= 11 is 5.94. The van der Waals surface area contributed by atoms with Crippen LogP contribution in [0.4, 0.5) is 5.69 Å². The Morgan fingerprint density at radius 1 is 1.36 bits per heavy atom. The van der Waals surface area contributed by atoms with Crippen LogP contribution < -0.4 is 5.32 Å². The third kappa shape index (κ3) is 4.33. The van der Waals surface area contributed by atoms with Gasteiger partial charge in [0.2, 0.25) is 5.91 Å². The summed E-state index contributed by atoms with van der Waals surface area (Å²) in [6.07, 6.45) is 3.86. The van der Waals surface area contributed by atoms with Crippen LogP contribution in [0.2, 0.25) is 5.02 Å². The molecule has 0 aliphatic rings. The number of carbonyl (C=O) groups is 2. The number of amides is 1. The number of nitrogens with zero attached hydrogens (tertiary/aromatic N) is 2. The molecular weight excluding hydrogens is 306 g/mol. The van der Waals surface area contributed by atoms with Gasteiger partial charge in [0.15, 0.2) is 0 Å². The van der Waals surface area contributed by atoms with E-state index in [9.17, 15) is 9.59 Å². The Labute approximate surface area is 133 Å². The molecule has 0 saturated carbocycles. The number of anilines is 1. The zero-order valence-electron chi connectivity index (χ0n) is 12.3. The average Bonchev–Trinajstić information content (AvgIpc) is 2.89. The third-order valence-electron chi connectivity index (χ3n) is 2.93. The first-order valence-electron chi connectivity index (χ1n) is 6.66. The van der Waals surface area contributed by atoms with Crippen LogP contribution in [0.25, 0.3) is 0 Å². The first kappa shape index (κ1) is 16.0. The van der Waals surface area contributed by atoms with Gasteiger partial charge in [-0.2, -0.15) is 5.10 Å². The van der Waals surface area contributed by atoms with E-state index in [2.05, 4.69) is 15.2 Å². The van der Waals surface area contributed by atoms with Gasteiger partial charge in [-0.1, -0.05) is 11.6 Å². The van der Waals surface area contributed by atoms with Gasteiger partial charge in [-0.3, -0.25) is 9.48 Å². The molecule has 1 N–H and O–H groups in total. The smallest absolute Gasteiger partial charge is 0.337 e. The molecule has 1 amide bonds. The number of esters is 1. The van der Waals surface area contributed by atoms with E-state index in [-0.39, 0.29) is 17.9 Å². The summed E-state index contributed by atoms with van der Waals surface area (Å²) in [7, 11) is 1.29. The highest BCUT2D eigenvalue weighted by Crippen LogP contribution is 2.20. The van der Waals surface area contributed by atoms with Crippen molar-refractivity contribution >= 4 is 29.2 Å². The Kier molecular flexibility index (Phi) is 5.16. The molecular formula is C15H16ClN3O3. The summed E-state index contributed by atoms with van der Waals surface area (Å²) in [4.78, 5) is 23.5. The third-order valence-corrected chi connectivity index (χ3v) is 3.15. The maximum atomic E-state index is 11.9. The maximum Gasteiger partial charge on any atom is 0.337 e. The molecule has 0 fully saturated rings. The van der Waals surface area contributed by atoms with Crippen molar-refractivity contribution in [3.63, 3.8) is 0 Å². The Bertz CT molecular complexity index is 697. The lowest BCUT2D eigenvalue weighted by molar-refractivity contribution is -0.116. The van der Waals surface area contributed by atoms with Crippen molar-refractivity contribution in [2.45, 2.75) is 19.9 Å². The molecule has 1 aromatic carbocycles. The summed E-state index contributed by atoms with van der Waals surface area (Å²) in [6.45, 7) is 2.41. The van der Waals surface area contributed by atoms with E-state index in [0.717, 1.165) is 5.56 Å². The minimum atomic E-state index is -0.509. The van der Waals surface area contributed by atoms with E-state index in [0.29, 0.717) is 17.3 Å². The van der Waals surface area contributed by atoms with Gasteiger partial charge >= 0.3 is 5.97 Å². The van der Waals surface area contributed by atoms with Crippen LogP contribution in [0.5, 0.6) is 0 Å². The standard InChI is InChI=1S/C15H16ClN3O3/c1-10-8-17-19(9-10)4-3-14(20)18-13-6-11(15(21)22-2)5-12(16)7-13/h5-9H,3-4H2,1-2H3,(H,18,20). The van der Waals surface area contributed by atoms with Gasteiger partial charge < -0.3 is 10.1 Å². The SMILES string of the molecule is COC(=O)c1cc(Cl)cc(NC(=O)CCn2cc(C)cn2)c1. The number of methoxy groups -OCH3 is 1. The first-order chi connectivity index (χ1) is 10.5. The van der Waals surface area contributed by atoms with Crippen molar-refractivity contribution in [3.8, 4) is 0 Å². The monoisotopic (exact) mass is 321 g/mol. The summed E-state index contributed by atoms with van der Waals surface area (Å²) in [5.74, 6) is -0.698. The van der Waals surface area contributed by atoms with E-state index in [1.165, 1.54) is 19.2 Å². The number of ether oxygens (including phenoxy) is 1. The predicted molar refractivity (Wildman–Crippen MR) is 83.0 cm³/mol. The highest BCUT2D eigenvalue weighted by Gasteiger charge is 2.10. The van der Waals surface area contributed by atoms with Crippen molar-refractivity contribution in [1.82, 2.24) is 9.78 Å². The van der Waals surface area contributed by atoms with E-state index in [1.807, 2.05) is 13.1 Å². The zero-order chi connectivity index (χ0) is 16.1. The lowest BCUT2D eigenvalue weighted by atomic mass is 10.2. The van der Waals surface area contributed by atoms with Gasteiger partial charge in [0.25, 0.3) is 0 Å². The van der Waals surface area contributed by atoms with Gasteiger partial charge in [-0.15, -0.1) is 0 Å². The fourth-order valence-electron chi connectivity index (χ4n) is 1.93. The second-order valence-corrected chi connectivity index (χ2v) is 5.24. The Morgan fingerprint density at radius 2 is 2.14 bits per heavy atom. The fourth-order valence-corrected chi connectivity index (χ4v) is 2.16. The molecule has 6 nitrogen and oxygen atoms in total. The number of rotatable bonds is 5. The quantitative estimate of drug-likeness (QED) is 0.859. The number of halogens is 1. The minimum Gasteiger partial charge on any atom is -0.465 e. The number of nitrogens with one attached hydrogen (secondary N) is 1. The van der Waals surface area contributed by atoms with Crippen LogP contribution in [0.1, 0.15) is 22.3 Å². The van der Waals surface area contributed by atoms with E-state index in [1.54, 1.807) is 16.9 Å². The Balaban J connectivity index is 1.99. The van der Waals surface area contributed by atoms with E-state index >= 15 is 0 Å². The lowest BCUT2D eigenvalue weighted by Gasteiger charge is -2.08. The van der Waals surface area contributed by atoms with Crippen molar-refractivity contribution in [2.75, 3.05) is 12.4 Å². The minimum absolute atomic E-state index is 0.189. The number of aromatic nitrogens is 2. The van der Waals surface area contributed by atoms with Crippen LogP contribution in [-0.2, 0) is 16.1 Å². The lowest BCUT2D eigenvalue weighted by Crippen LogP contribution is -2.15. The van der Waals surface area contributed by atoms with Crippen LogP contribution in [0.15, 0.2) is 30.6 Å². The summed E-state index contributed by atoms with van der Waals surface area (Å²) in [5.41, 5.74) is 1.78. The van der Waals surface area contributed by atoms with Gasteiger partial charge in [-0.05, 0) is 30.7 Å². The largest absolute Gasteiger partial charge is 0.465 e. The molecule has 1 aromatic heterocycles. The van der Waals surface area contributed by atoms with Crippen molar-refractivity contribution < 1.29 is 14.3 Å². The summed E-state index contributed by atoms with van der Waals surface area (Å²) < 4.78 is 6.34.